The maximum atomic E-state index is 13.5. The Balaban J connectivity index is 1.34. The first kappa shape index (κ1) is 18.6. The molecule has 2 heterocycles. The first-order valence-corrected chi connectivity index (χ1v) is 9.91. The van der Waals surface area contributed by atoms with Crippen LogP contribution in [0.5, 0.6) is 5.75 Å². The molecule has 1 amide bonds. The topological polar surface area (TPSA) is 63.7 Å². The lowest BCUT2D eigenvalue weighted by atomic mass is 10.3. The number of halogens is 1. The van der Waals surface area contributed by atoms with Gasteiger partial charge in [-0.25, -0.2) is 9.37 Å². The van der Waals surface area contributed by atoms with Crippen LogP contribution in [-0.2, 0) is 9.53 Å². The number of hydrogen-bond acceptors (Lipinski definition) is 6. The minimum absolute atomic E-state index is 0.108. The molecule has 0 bridgehead atoms. The van der Waals surface area contributed by atoms with Gasteiger partial charge in [-0.3, -0.25) is 4.79 Å². The van der Waals surface area contributed by atoms with E-state index in [1.165, 1.54) is 12.1 Å². The number of hydrogen-bond donors (Lipinski definition) is 1. The second kappa shape index (κ2) is 8.53. The molecule has 0 spiro atoms. The highest BCUT2D eigenvalue weighted by molar-refractivity contribution is 7.22. The van der Waals surface area contributed by atoms with E-state index in [4.69, 9.17) is 9.47 Å². The number of fused-ring (bicyclic) bond motifs is 1. The van der Waals surface area contributed by atoms with Gasteiger partial charge < -0.3 is 19.7 Å². The average molecular weight is 401 g/mol. The minimum atomic E-state index is -0.436. The van der Waals surface area contributed by atoms with Gasteiger partial charge in [0, 0.05) is 18.8 Å². The van der Waals surface area contributed by atoms with Crippen molar-refractivity contribution < 1.29 is 18.7 Å². The maximum Gasteiger partial charge on any atom is 0.227 e. The molecule has 0 aliphatic carbocycles. The summed E-state index contributed by atoms with van der Waals surface area (Å²) >= 11 is 1.60. The molecule has 1 aliphatic rings. The Bertz CT molecular complexity index is 972. The molecule has 8 heteroatoms. The number of thiazole rings is 1. The van der Waals surface area contributed by atoms with E-state index in [1.807, 2.05) is 18.2 Å². The molecule has 1 N–H and O–H groups in total. The van der Waals surface area contributed by atoms with Crippen LogP contribution in [0.1, 0.15) is 6.42 Å². The van der Waals surface area contributed by atoms with E-state index in [1.54, 1.807) is 23.5 Å². The molecule has 1 saturated heterocycles. The third-order valence-electron chi connectivity index (χ3n) is 4.37. The number of benzene rings is 2. The van der Waals surface area contributed by atoms with Gasteiger partial charge in [0.05, 0.1) is 36.5 Å². The van der Waals surface area contributed by atoms with Crippen LogP contribution in [0, 0.1) is 5.82 Å². The number of nitrogens with zero attached hydrogens (tertiary/aromatic N) is 2. The highest BCUT2D eigenvalue weighted by Gasteiger charge is 2.15. The number of rotatable bonds is 6. The first-order chi connectivity index (χ1) is 13.7. The third kappa shape index (κ3) is 4.40. The largest absolute Gasteiger partial charge is 0.490 e. The van der Waals surface area contributed by atoms with Crippen LogP contribution in [0.3, 0.4) is 0 Å². The molecule has 4 rings (SSSR count). The molecule has 0 radical (unpaired) electrons. The van der Waals surface area contributed by atoms with Crippen LogP contribution in [-0.4, -0.2) is 43.8 Å². The summed E-state index contributed by atoms with van der Waals surface area (Å²) in [7, 11) is 0. The summed E-state index contributed by atoms with van der Waals surface area (Å²) < 4.78 is 25.2. The van der Waals surface area contributed by atoms with E-state index < -0.39 is 5.82 Å². The lowest BCUT2D eigenvalue weighted by molar-refractivity contribution is -0.116. The molecule has 0 saturated carbocycles. The standard InChI is InChI=1S/C20H20FN3O3S/c21-15-3-1-2-4-17(15)27-10-7-19(25)22-14-5-6-16-18(13-14)28-20(23-16)24-8-11-26-12-9-24/h1-6,13H,7-12H2,(H,22,25). The van der Waals surface area contributed by atoms with Crippen molar-refractivity contribution in [2.45, 2.75) is 6.42 Å². The minimum Gasteiger partial charge on any atom is -0.490 e. The summed E-state index contributed by atoms with van der Waals surface area (Å²) in [6.07, 6.45) is 0.133. The summed E-state index contributed by atoms with van der Waals surface area (Å²) in [5.74, 6) is -0.472. The predicted octanol–water partition coefficient (Wildman–Crippen LogP) is 3.68. The average Bonchev–Trinajstić information content (AvgIpc) is 3.13. The van der Waals surface area contributed by atoms with Crippen LogP contribution in [0.4, 0.5) is 15.2 Å². The Morgan fingerprint density at radius 2 is 2.07 bits per heavy atom. The lowest BCUT2D eigenvalue weighted by Gasteiger charge is -2.25. The van der Waals surface area contributed by atoms with E-state index in [-0.39, 0.29) is 24.7 Å². The molecule has 28 heavy (non-hydrogen) atoms. The Kier molecular flexibility index (Phi) is 5.68. The van der Waals surface area contributed by atoms with E-state index in [2.05, 4.69) is 15.2 Å². The highest BCUT2D eigenvalue weighted by atomic mass is 32.1. The molecule has 1 aromatic heterocycles. The van der Waals surface area contributed by atoms with Crippen molar-refractivity contribution in [3.8, 4) is 5.75 Å². The van der Waals surface area contributed by atoms with E-state index in [0.29, 0.717) is 18.9 Å². The second-order valence-electron chi connectivity index (χ2n) is 6.36. The van der Waals surface area contributed by atoms with Gasteiger partial charge in [-0.1, -0.05) is 23.5 Å². The summed E-state index contributed by atoms with van der Waals surface area (Å²) in [6, 6.07) is 11.8. The van der Waals surface area contributed by atoms with Crippen molar-refractivity contribution in [2.24, 2.45) is 0 Å². The van der Waals surface area contributed by atoms with Crippen molar-refractivity contribution in [1.82, 2.24) is 4.98 Å². The molecule has 146 valence electrons. The van der Waals surface area contributed by atoms with Crippen molar-refractivity contribution in [2.75, 3.05) is 43.1 Å². The smallest absolute Gasteiger partial charge is 0.227 e. The number of ether oxygens (including phenoxy) is 2. The molecule has 2 aromatic carbocycles. The summed E-state index contributed by atoms with van der Waals surface area (Å²) in [5, 5.41) is 3.83. The number of morpholine rings is 1. The van der Waals surface area contributed by atoms with Crippen LogP contribution < -0.4 is 15.0 Å². The number of carbonyl (C=O) groups is 1. The molecular formula is C20H20FN3O3S. The van der Waals surface area contributed by atoms with Crippen LogP contribution in [0.2, 0.25) is 0 Å². The van der Waals surface area contributed by atoms with Crippen molar-refractivity contribution in [1.29, 1.82) is 0 Å². The SMILES string of the molecule is O=C(CCOc1ccccc1F)Nc1ccc2nc(N3CCOCC3)sc2c1. The van der Waals surface area contributed by atoms with Gasteiger partial charge in [-0.05, 0) is 30.3 Å². The number of aromatic nitrogens is 1. The van der Waals surface area contributed by atoms with Crippen molar-refractivity contribution >= 4 is 38.3 Å². The zero-order chi connectivity index (χ0) is 19.3. The van der Waals surface area contributed by atoms with Gasteiger partial charge in [-0.2, -0.15) is 0 Å². The van der Waals surface area contributed by atoms with Crippen LogP contribution >= 0.6 is 11.3 Å². The fourth-order valence-electron chi connectivity index (χ4n) is 2.92. The zero-order valence-corrected chi connectivity index (χ0v) is 16.0. The van der Waals surface area contributed by atoms with E-state index in [9.17, 15) is 9.18 Å². The number of nitrogens with one attached hydrogen (secondary N) is 1. The molecular weight excluding hydrogens is 381 g/mol. The molecule has 3 aromatic rings. The van der Waals surface area contributed by atoms with Crippen LogP contribution in [0.15, 0.2) is 42.5 Å². The lowest BCUT2D eigenvalue weighted by Crippen LogP contribution is -2.36. The monoisotopic (exact) mass is 401 g/mol. The van der Waals surface area contributed by atoms with Crippen LogP contribution in [0.25, 0.3) is 10.2 Å². The molecule has 6 nitrogen and oxygen atoms in total. The number of para-hydroxylation sites is 1. The Labute approximate surface area is 165 Å². The quantitative estimate of drug-likeness (QED) is 0.683. The Morgan fingerprint density at radius 3 is 2.89 bits per heavy atom. The van der Waals surface area contributed by atoms with E-state index in [0.717, 1.165) is 28.4 Å². The van der Waals surface area contributed by atoms with Gasteiger partial charge in [0.15, 0.2) is 16.7 Å². The number of anilines is 2. The summed E-state index contributed by atoms with van der Waals surface area (Å²) in [6.45, 7) is 3.21. The van der Waals surface area contributed by atoms with Crippen molar-refractivity contribution in [3.05, 3.63) is 48.3 Å². The van der Waals surface area contributed by atoms with Gasteiger partial charge in [0.1, 0.15) is 0 Å². The van der Waals surface area contributed by atoms with Gasteiger partial charge >= 0.3 is 0 Å². The fraction of sp³-hybridized carbons (Fsp3) is 0.300. The summed E-state index contributed by atoms with van der Waals surface area (Å²) in [4.78, 5) is 19.0. The normalized spacial score (nSPS) is 14.2. The van der Waals surface area contributed by atoms with Crippen molar-refractivity contribution in [3.63, 3.8) is 0 Å². The Morgan fingerprint density at radius 1 is 1.25 bits per heavy atom. The Hall–Kier alpha value is -2.71. The molecule has 1 aliphatic heterocycles. The predicted molar refractivity (Wildman–Crippen MR) is 108 cm³/mol. The number of carbonyl (C=O) groups excluding carboxylic acids is 1. The second-order valence-corrected chi connectivity index (χ2v) is 7.36. The molecule has 0 unspecified atom stereocenters. The van der Waals surface area contributed by atoms with E-state index >= 15 is 0 Å². The summed E-state index contributed by atoms with van der Waals surface area (Å²) in [5.41, 5.74) is 1.62. The third-order valence-corrected chi connectivity index (χ3v) is 5.44. The zero-order valence-electron chi connectivity index (χ0n) is 15.2. The van der Waals surface area contributed by atoms with Gasteiger partial charge in [-0.15, -0.1) is 0 Å². The number of amides is 1. The molecule has 0 atom stereocenters. The fourth-order valence-corrected chi connectivity index (χ4v) is 3.98. The highest BCUT2D eigenvalue weighted by Crippen LogP contribution is 2.31. The maximum absolute atomic E-state index is 13.5. The first-order valence-electron chi connectivity index (χ1n) is 9.09. The molecule has 1 fully saturated rings. The van der Waals surface area contributed by atoms with Gasteiger partial charge in [0.25, 0.3) is 0 Å². The van der Waals surface area contributed by atoms with Gasteiger partial charge in [0.2, 0.25) is 5.91 Å².